The van der Waals surface area contributed by atoms with Crippen LogP contribution in [0.15, 0.2) is 24.3 Å². The molecule has 120 valence electrons. The van der Waals surface area contributed by atoms with Crippen molar-refractivity contribution in [3.05, 3.63) is 29.8 Å². The second-order valence-corrected chi connectivity index (χ2v) is 5.92. The van der Waals surface area contributed by atoms with Crippen LogP contribution in [0, 0.1) is 0 Å². The molecule has 1 aromatic rings. The minimum atomic E-state index is 0.274. The SMILES string of the molecule is CC(COC(C)C)NCc1ccccc1OCCN(C)C. The van der Waals surface area contributed by atoms with Gasteiger partial charge in [-0.1, -0.05) is 18.2 Å². The molecule has 0 aromatic heterocycles. The van der Waals surface area contributed by atoms with Crippen molar-refractivity contribution in [1.29, 1.82) is 0 Å². The van der Waals surface area contributed by atoms with Crippen LogP contribution in [0.4, 0.5) is 0 Å². The summed E-state index contributed by atoms with van der Waals surface area (Å²) in [6, 6.07) is 8.52. The first kappa shape index (κ1) is 18.0. The molecule has 1 unspecified atom stereocenters. The highest BCUT2D eigenvalue weighted by Crippen LogP contribution is 2.17. The lowest BCUT2D eigenvalue weighted by atomic mass is 10.2. The summed E-state index contributed by atoms with van der Waals surface area (Å²) in [5.74, 6) is 0.962. The zero-order valence-corrected chi connectivity index (χ0v) is 14.1. The molecule has 1 aromatic carbocycles. The predicted octanol–water partition coefficient (Wildman–Crippen LogP) is 2.53. The van der Waals surface area contributed by atoms with Gasteiger partial charge in [0.15, 0.2) is 0 Å². The molecule has 0 fully saturated rings. The fourth-order valence-corrected chi connectivity index (χ4v) is 1.81. The van der Waals surface area contributed by atoms with Gasteiger partial charge in [0, 0.05) is 24.7 Å². The van der Waals surface area contributed by atoms with Gasteiger partial charge in [-0.3, -0.25) is 0 Å². The van der Waals surface area contributed by atoms with E-state index in [9.17, 15) is 0 Å². The van der Waals surface area contributed by atoms with E-state index in [2.05, 4.69) is 37.1 Å². The van der Waals surface area contributed by atoms with Crippen LogP contribution >= 0.6 is 0 Å². The zero-order valence-electron chi connectivity index (χ0n) is 14.1. The standard InChI is InChI=1S/C17H30N2O2/c1-14(2)21-13-15(3)18-12-16-8-6-7-9-17(16)20-11-10-19(4)5/h6-9,14-15,18H,10-13H2,1-5H3. The Kier molecular flexibility index (Phi) is 8.35. The number of likely N-dealkylation sites (N-methyl/N-ethyl adjacent to an activating group) is 1. The van der Waals surface area contributed by atoms with E-state index in [1.165, 1.54) is 5.56 Å². The second kappa shape index (κ2) is 9.77. The molecule has 1 rings (SSSR count). The fraction of sp³-hybridized carbons (Fsp3) is 0.647. The molecule has 0 bridgehead atoms. The van der Waals surface area contributed by atoms with Crippen LogP contribution in [0.1, 0.15) is 26.3 Å². The number of benzene rings is 1. The molecule has 4 nitrogen and oxygen atoms in total. The number of nitrogens with one attached hydrogen (secondary N) is 1. The highest BCUT2D eigenvalue weighted by molar-refractivity contribution is 5.33. The Hall–Kier alpha value is -1.10. The van der Waals surface area contributed by atoms with Gasteiger partial charge in [0.2, 0.25) is 0 Å². The molecule has 0 aliphatic carbocycles. The molecule has 0 aliphatic rings. The van der Waals surface area contributed by atoms with Crippen molar-refractivity contribution in [3.63, 3.8) is 0 Å². The van der Waals surface area contributed by atoms with Crippen molar-refractivity contribution in [2.75, 3.05) is 33.9 Å². The van der Waals surface area contributed by atoms with Gasteiger partial charge < -0.3 is 19.7 Å². The molecule has 0 amide bonds. The Morgan fingerprint density at radius 1 is 1.14 bits per heavy atom. The number of rotatable bonds is 10. The lowest BCUT2D eigenvalue weighted by Gasteiger charge is -2.18. The summed E-state index contributed by atoms with van der Waals surface area (Å²) in [6.07, 6.45) is 0.274. The summed E-state index contributed by atoms with van der Waals surface area (Å²) in [6.45, 7) is 9.39. The van der Waals surface area contributed by atoms with Crippen LogP contribution in [-0.2, 0) is 11.3 Å². The third-order valence-corrected chi connectivity index (χ3v) is 3.09. The van der Waals surface area contributed by atoms with Gasteiger partial charge in [-0.2, -0.15) is 0 Å². The van der Waals surface area contributed by atoms with Crippen molar-refractivity contribution < 1.29 is 9.47 Å². The molecule has 0 aliphatic heterocycles. The maximum atomic E-state index is 5.87. The van der Waals surface area contributed by atoms with Crippen LogP contribution in [0.5, 0.6) is 5.75 Å². The van der Waals surface area contributed by atoms with Crippen molar-refractivity contribution in [2.24, 2.45) is 0 Å². The van der Waals surface area contributed by atoms with E-state index in [1.54, 1.807) is 0 Å². The van der Waals surface area contributed by atoms with Crippen LogP contribution < -0.4 is 10.1 Å². The maximum absolute atomic E-state index is 5.87. The highest BCUT2D eigenvalue weighted by atomic mass is 16.5. The normalized spacial score (nSPS) is 12.9. The first-order chi connectivity index (χ1) is 9.99. The van der Waals surface area contributed by atoms with Gasteiger partial charge in [0.05, 0.1) is 12.7 Å². The lowest BCUT2D eigenvalue weighted by Crippen LogP contribution is -2.31. The first-order valence-electron chi connectivity index (χ1n) is 7.69. The quantitative estimate of drug-likeness (QED) is 0.719. The van der Waals surface area contributed by atoms with Gasteiger partial charge in [-0.05, 0) is 40.9 Å². The molecule has 0 spiro atoms. The van der Waals surface area contributed by atoms with Crippen LogP contribution in [0.2, 0.25) is 0 Å². The molecule has 4 heteroatoms. The molecule has 0 saturated carbocycles. The minimum absolute atomic E-state index is 0.274. The number of para-hydroxylation sites is 1. The molecular formula is C17H30N2O2. The van der Waals surface area contributed by atoms with Gasteiger partial charge in [-0.15, -0.1) is 0 Å². The summed E-state index contributed by atoms with van der Waals surface area (Å²) in [5, 5.41) is 3.48. The van der Waals surface area contributed by atoms with Crippen LogP contribution in [-0.4, -0.2) is 50.9 Å². The summed E-state index contributed by atoms with van der Waals surface area (Å²) < 4.78 is 11.5. The van der Waals surface area contributed by atoms with E-state index >= 15 is 0 Å². The summed E-state index contributed by atoms with van der Waals surface area (Å²) >= 11 is 0. The van der Waals surface area contributed by atoms with E-state index in [0.717, 1.165) is 25.4 Å². The first-order valence-corrected chi connectivity index (χ1v) is 7.69. The highest BCUT2D eigenvalue weighted by Gasteiger charge is 2.07. The average Bonchev–Trinajstić information content (AvgIpc) is 2.43. The number of hydrogen-bond acceptors (Lipinski definition) is 4. The summed E-state index contributed by atoms with van der Waals surface area (Å²) in [7, 11) is 4.10. The van der Waals surface area contributed by atoms with E-state index < -0.39 is 0 Å². The molecule has 0 radical (unpaired) electrons. The third kappa shape index (κ3) is 8.05. The van der Waals surface area contributed by atoms with Crippen molar-refractivity contribution >= 4 is 0 Å². The largest absolute Gasteiger partial charge is 0.492 e. The zero-order chi connectivity index (χ0) is 15.7. The van der Waals surface area contributed by atoms with Crippen molar-refractivity contribution in [3.8, 4) is 5.75 Å². The molecule has 0 heterocycles. The Morgan fingerprint density at radius 2 is 1.86 bits per heavy atom. The van der Waals surface area contributed by atoms with Gasteiger partial charge in [0.25, 0.3) is 0 Å². The van der Waals surface area contributed by atoms with Crippen molar-refractivity contribution in [2.45, 2.75) is 39.5 Å². The number of nitrogens with zero attached hydrogens (tertiary/aromatic N) is 1. The van der Waals surface area contributed by atoms with E-state index in [0.29, 0.717) is 12.6 Å². The Morgan fingerprint density at radius 3 is 2.52 bits per heavy atom. The van der Waals surface area contributed by atoms with E-state index in [4.69, 9.17) is 9.47 Å². The number of ether oxygens (including phenoxy) is 2. The smallest absolute Gasteiger partial charge is 0.123 e. The lowest BCUT2D eigenvalue weighted by molar-refractivity contribution is 0.0642. The van der Waals surface area contributed by atoms with Gasteiger partial charge >= 0.3 is 0 Å². The van der Waals surface area contributed by atoms with Gasteiger partial charge in [0.1, 0.15) is 12.4 Å². The molecule has 0 saturated heterocycles. The average molecular weight is 294 g/mol. The Labute approximate surface area is 129 Å². The third-order valence-electron chi connectivity index (χ3n) is 3.09. The van der Waals surface area contributed by atoms with Crippen LogP contribution in [0.25, 0.3) is 0 Å². The van der Waals surface area contributed by atoms with Gasteiger partial charge in [-0.25, -0.2) is 0 Å². The molecular weight excluding hydrogens is 264 g/mol. The van der Waals surface area contributed by atoms with Crippen molar-refractivity contribution in [1.82, 2.24) is 10.2 Å². The van der Waals surface area contributed by atoms with Crippen LogP contribution in [0.3, 0.4) is 0 Å². The maximum Gasteiger partial charge on any atom is 0.123 e. The fourth-order valence-electron chi connectivity index (χ4n) is 1.81. The Bertz CT molecular complexity index is 394. The molecule has 1 atom stereocenters. The monoisotopic (exact) mass is 294 g/mol. The topological polar surface area (TPSA) is 33.7 Å². The molecule has 1 N–H and O–H groups in total. The Balaban J connectivity index is 2.43. The van der Waals surface area contributed by atoms with E-state index in [1.807, 2.05) is 32.3 Å². The summed E-state index contributed by atoms with van der Waals surface area (Å²) in [4.78, 5) is 2.12. The minimum Gasteiger partial charge on any atom is -0.492 e. The second-order valence-electron chi connectivity index (χ2n) is 5.92. The molecule has 21 heavy (non-hydrogen) atoms. The van der Waals surface area contributed by atoms with E-state index in [-0.39, 0.29) is 6.10 Å². The number of hydrogen-bond donors (Lipinski definition) is 1. The predicted molar refractivity (Wildman–Crippen MR) is 87.9 cm³/mol. The summed E-state index contributed by atoms with van der Waals surface area (Å²) in [5.41, 5.74) is 1.19.